The number of benzene rings is 2. The number of aliphatic hydroxyl groups is 2. The summed E-state index contributed by atoms with van der Waals surface area (Å²) >= 11 is 2.89. The van der Waals surface area contributed by atoms with Gasteiger partial charge in [0.1, 0.15) is 5.78 Å². The maximum atomic E-state index is 12.4. The molecule has 1 aliphatic rings. The van der Waals surface area contributed by atoms with E-state index >= 15 is 0 Å². The summed E-state index contributed by atoms with van der Waals surface area (Å²) in [7, 11) is 0. The van der Waals surface area contributed by atoms with Crippen molar-refractivity contribution in [1.29, 1.82) is 0 Å². The number of thioether (sulfide) groups is 2. The van der Waals surface area contributed by atoms with Gasteiger partial charge in [0.25, 0.3) is 0 Å². The summed E-state index contributed by atoms with van der Waals surface area (Å²) in [4.78, 5) is 23.0. The maximum Gasteiger partial charge on any atom is 0.313 e. The largest absolute Gasteiger partial charge is 0.481 e. The zero-order chi connectivity index (χ0) is 23.8. The second kappa shape index (κ2) is 12.1. The average molecular weight is 489 g/mol. The predicted molar refractivity (Wildman–Crippen MR) is 137 cm³/mol. The summed E-state index contributed by atoms with van der Waals surface area (Å²) in [5.74, 6) is 0.452. The Labute approximate surface area is 203 Å². The van der Waals surface area contributed by atoms with E-state index in [0.29, 0.717) is 6.42 Å². The van der Waals surface area contributed by atoms with Crippen LogP contribution in [0.15, 0.2) is 54.6 Å². The molecule has 1 saturated carbocycles. The highest BCUT2D eigenvalue weighted by atomic mass is 32.2. The Morgan fingerprint density at radius 2 is 1.94 bits per heavy atom. The molecule has 0 bridgehead atoms. The van der Waals surface area contributed by atoms with Crippen LogP contribution >= 0.6 is 23.5 Å². The van der Waals surface area contributed by atoms with Crippen molar-refractivity contribution in [3.63, 3.8) is 0 Å². The van der Waals surface area contributed by atoms with Gasteiger partial charge in [-0.3, -0.25) is 9.59 Å². The number of hydrogen-bond acceptors (Lipinski definition) is 6. The van der Waals surface area contributed by atoms with Crippen LogP contribution < -0.4 is 0 Å². The van der Waals surface area contributed by atoms with Crippen molar-refractivity contribution in [2.24, 2.45) is 5.92 Å². The second-order valence-corrected chi connectivity index (χ2v) is 11.2. The first-order chi connectivity index (χ1) is 15.7. The molecule has 0 radical (unpaired) electrons. The lowest BCUT2D eigenvalue weighted by atomic mass is 9.93. The van der Waals surface area contributed by atoms with Crippen molar-refractivity contribution >= 4 is 46.0 Å². The minimum Gasteiger partial charge on any atom is -0.481 e. The van der Waals surface area contributed by atoms with E-state index in [-0.39, 0.29) is 29.1 Å². The summed E-state index contributed by atoms with van der Waals surface area (Å²) in [5, 5.41) is 32.0. The topological polar surface area (TPSA) is 94.8 Å². The van der Waals surface area contributed by atoms with Crippen LogP contribution in [-0.2, 0) is 16.0 Å². The number of aliphatic carboxylic acids is 1. The maximum absolute atomic E-state index is 12.4. The number of carboxylic acids is 1. The second-order valence-electron chi connectivity index (χ2n) is 8.80. The molecule has 0 aliphatic heterocycles. The number of Topliss-reactive ketones (excluding diaryl/α,β-unsaturated/α-hetero) is 1. The molecule has 3 N–H and O–H groups in total. The number of fused-ring (bicyclic) bond motifs is 1. The van der Waals surface area contributed by atoms with E-state index in [2.05, 4.69) is 30.3 Å². The van der Waals surface area contributed by atoms with Crippen LogP contribution in [-0.4, -0.2) is 61.3 Å². The zero-order valence-electron chi connectivity index (χ0n) is 18.9. The predicted octanol–water partition coefficient (Wildman–Crippen LogP) is 4.34. The van der Waals surface area contributed by atoms with Crippen molar-refractivity contribution in [2.75, 3.05) is 17.3 Å². The Bertz CT molecular complexity index is 988. The van der Waals surface area contributed by atoms with Gasteiger partial charge in [0.2, 0.25) is 0 Å². The Balaban J connectivity index is 1.53. The zero-order valence-corrected chi connectivity index (χ0v) is 20.5. The number of carbonyl (C=O) groups excluding carboxylic acids is 1. The molecule has 5 nitrogen and oxygen atoms in total. The minimum absolute atomic E-state index is 0.0381. The molecule has 2 aromatic carbocycles. The molecule has 4 unspecified atom stereocenters. The molecule has 4 atom stereocenters. The number of hydrogen-bond donors (Lipinski definition) is 3. The van der Waals surface area contributed by atoms with Crippen LogP contribution in [0.1, 0.15) is 31.7 Å². The van der Waals surface area contributed by atoms with Gasteiger partial charge in [0.15, 0.2) is 0 Å². The molecule has 2 aromatic rings. The fourth-order valence-corrected chi connectivity index (χ4v) is 6.22. The van der Waals surface area contributed by atoms with Gasteiger partial charge in [0, 0.05) is 12.3 Å². The van der Waals surface area contributed by atoms with Gasteiger partial charge in [0.05, 0.1) is 22.7 Å². The monoisotopic (exact) mass is 488 g/mol. The first-order valence-corrected chi connectivity index (χ1v) is 13.5. The van der Waals surface area contributed by atoms with Crippen LogP contribution in [0.3, 0.4) is 0 Å². The first-order valence-electron chi connectivity index (χ1n) is 11.3. The Kier molecular flexibility index (Phi) is 9.44. The van der Waals surface area contributed by atoms with Crippen molar-refractivity contribution in [3.05, 3.63) is 60.2 Å². The standard InChI is InChI=1S/C26H32O5S2/c1-26(31,11-9-18-7-8-19-5-2-3-6-20(19)15-18)12-10-21-22(27)16-23(28)25(21)33-14-4-13-32-17-24(29)30/h2-3,5-8,10,12,15,21-22,25,27,31H,4,9,11,13-14,16-17H2,1H3,(H,29,30)/b12-10+. The van der Waals surface area contributed by atoms with Gasteiger partial charge in [-0.15, -0.1) is 11.8 Å². The fraction of sp³-hybridized carbons (Fsp3) is 0.462. The van der Waals surface area contributed by atoms with E-state index < -0.39 is 17.7 Å². The Hall–Kier alpha value is -1.80. The quantitative estimate of drug-likeness (QED) is 0.302. The summed E-state index contributed by atoms with van der Waals surface area (Å²) in [6, 6.07) is 14.5. The van der Waals surface area contributed by atoms with Crippen molar-refractivity contribution in [1.82, 2.24) is 0 Å². The van der Waals surface area contributed by atoms with Gasteiger partial charge >= 0.3 is 5.97 Å². The third-order valence-electron chi connectivity index (χ3n) is 5.89. The lowest BCUT2D eigenvalue weighted by molar-refractivity contribution is -0.133. The van der Waals surface area contributed by atoms with Gasteiger partial charge in [-0.1, -0.05) is 54.6 Å². The van der Waals surface area contributed by atoms with Crippen LogP contribution in [0.2, 0.25) is 0 Å². The molecule has 1 fully saturated rings. The fourth-order valence-electron chi connectivity index (χ4n) is 4.03. The van der Waals surface area contributed by atoms with Crippen LogP contribution in [0.4, 0.5) is 0 Å². The lowest BCUT2D eigenvalue weighted by Crippen LogP contribution is -2.25. The van der Waals surface area contributed by atoms with Gasteiger partial charge < -0.3 is 15.3 Å². The number of ketones is 1. The van der Waals surface area contributed by atoms with E-state index in [4.69, 9.17) is 5.11 Å². The van der Waals surface area contributed by atoms with Crippen molar-refractivity contribution in [3.8, 4) is 0 Å². The van der Waals surface area contributed by atoms with E-state index in [1.807, 2.05) is 18.2 Å². The normalized spacial score (nSPS) is 22.8. The van der Waals surface area contributed by atoms with E-state index in [0.717, 1.165) is 29.9 Å². The third kappa shape index (κ3) is 7.88. The van der Waals surface area contributed by atoms with Crippen LogP contribution in [0.25, 0.3) is 10.8 Å². The Morgan fingerprint density at radius 1 is 1.18 bits per heavy atom. The number of rotatable bonds is 12. The molecule has 0 heterocycles. The Morgan fingerprint density at radius 3 is 2.70 bits per heavy atom. The van der Waals surface area contributed by atoms with E-state index in [1.54, 1.807) is 13.0 Å². The van der Waals surface area contributed by atoms with Gasteiger partial charge in [-0.25, -0.2) is 0 Å². The molecule has 33 heavy (non-hydrogen) atoms. The molecule has 0 saturated heterocycles. The van der Waals surface area contributed by atoms with Crippen LogP contribution in [0, 0.1) is 5.92 Å². The summed E-state index contributed by atoms with van der Waals surface area (Å²) < 4.78 is 0. The summed E-state index contributed by atoms with van der Waals surface area (Å²) in [6.45, 7) is 1.76. The molecule has 0 spiro atoms. The smallest absolute Gasteiger partial charge is 0.313 e. The number of aliphatic hydroxyl groups excluding tert-OH is 1. The third-order valence-corrected chi connectivity index (χ3v) is 8.38. The highest BCUT2D eigenvalue weighted by Gasteiger charge is 2.40. The highest BCUT2D eigenvalue weighted by molar-refractivity contribution is 8.01. The van der Waals surface area contributed by atoms with Gasteiger partial charge in [-0.2, -0.15) is 11.8 Å². The van der Waals surface area contributed by atoms with Crippen molar-refractivity contribution < 1.29 is 24.9 Å². The molecule has 7 heteroatoms. The summed E-state index contributed by atoms with van der Waals surface area (Å²) in [6.07, 6.45) is 5.02. The van der Waals surface area contributed by atoms with E-state index in [1.165, 1.54) is 34.3 Å². The molecule has 3 rings (SSSR count). The SMILES string of the molecule is CC(O)(/C=C/C1C(O)CC(=O)C1SCCCSCC(=O)O)CCc1ccc2ccccc2c1. The molecular formula is C26H32O5S2. The number of aryl methyl sites for hydroxylation is 1. The van der Waals surface area contributed by atoms with Crippen LogP contribution in [0.5, 0.6) is 0 Å². The van der Waals surface area contributed by atoms with E-state index in [9.17, 15) is 19.8 Å². The lowest BCUT2D eigenvalue weighted by Gasteiger charge is -2.22. The number of carboxylic acid groups (broad SMARTS) is 1. The molecule has 0 amide bonds. The molecule has 1 aliphatic carbocycles. The number of carbonyl (C=O) groups is 2. The van der Waals surface area contributed by atoms with Gasteiger partial charge in [-0.05, 0) is 54.0 Å². The average Bonchev–Trinajstić information content (AvgIpc) is 3.05. The first kappa shape index (κ1) is 25.8. The molecule has 0 aromatic heterocycles. The minimum atomic E-state index is -1.04. The molecule has 178 valence electrons. The van der Waals surface area contributed by atoms with Crippen molar-refractivity contribution in [2.45, 2.75) is 49.6 Å². The molecular weight excluding hydrogens is 456 g/mol. The highest BCUT2D eigenvalue weighted by Crippen LogP contribution is 2.35. The summed E-state index contributed by atoms with van der Waals surface area (Å²) in [5.41, 5.74) is 0.118.